The summed E-state index contributed by atoms with van der Waals surface area (Å²) in [5.74, 6) is 2.06. The standard InChI is InChI=1S/C23H28N2O6S/c1-29-18-6-4-17(5-7-18)25-21-15-32(27,28)14-20(21)24(13-23(25)26)11-10-16-12-19(30-2)8-9-22(16)31-3/h4-9,12,20-21H,10-11,13-15H2,1-3H3/t20-,21+/m1/s1. The number of piperazine rings is 1. The number of carbonyl (C=O) groups is 1. The van der Waals surface area contributed by atoms with Crippen molar-refractivity contribution in [1.29, 1.82) is 0 Å². The summed E-state index contributed by atoms with van der Waals surface area (Å²) in [5.41, 5.74) is 1.64. The lowest BCUT2D eigenvalue weighted by atomic mass is 10.0. The van der Waals surface area contributed by atoms with Gasteiger partial charge in [-0.25, -0.2) is 8.42 Å². The molecule has 2 atom stereocenters. The summed E-state index contributed by atoms with van der Waals surface area (Å²) in [4.78, 5) is 16.8. The molecule has 1 amide bonds. The predicted octanol–water partition coefficient (Wildman–Crippen LogP) is 1.77. The molecule has 0 aliphatic carbocycles. The number of anilines is 1. The number of nitrogens with zero attached hydrogens (tertiary/aromatic N) is 2. The average Bonchev–Trinajstić information content (AvgIpc) is 3.12. The normalized spacial score (nSPS) is 22.5. The third-order valence-electron chi connectivity index (χ3n) is 6.21. The Morgan fingerprint density at radius 2 is 1.56 bits per heavy atom. The van der Waals surface area contributed by atoms with E-state index in [1.807, 2.05) is 23.1 Å². The second kappa shape index (κ2) is 8.99. The maximum absolute atomic E-state index is 13.2. The molecule has 4 rings (SSSR count). The van der Waals surface area contributed by atoms with E-state index >= 15 is 0 Å². The molecular weight excluding hydrogens is 432 g/mol. The fraction of sp³-hybridized carbons (Fsp3) is 0.435. The highest BCUT2D eigenvalue weighted by atomic mass is 32.2. The molecule has 0 radical (unpaired) electrons. The zero-order chi connectivity index (χ0) is 22.9. The topological polar surface area (TPSA) is 85.4 Å². The monoisotopic (exact) mass is 460 g/mol. The van der Waals surface area contributed by atoms with Gasteiger partial charge in [0.05, 0.1) is 45.4 Å². The van der Waals surface area contributed by atoms with Crippen LogP contribution in [0.1, 0.15) is 5.56 Å². The van der Waals surface area contributed by atoms with Gasteiger partial charge in [0, 0.05) is 18.3 Å². The van der Waals surface area contributed by atoms with Crippen LogP contribution in [0.2, 0.25) is 0 Å². The van der Waals surface area contributed by atoms with E-state index in [1.165, 1.54) is 0 Å². The Morgan fingerprint density at radius 1 is 0.906 bits per heavy atom. The van der Waals surface area contributed by atoms with E-state index in [4.69, 9.17) is 14.2 Å². The SMILES string of the molecule is COc1ccc(N2C(=O)CN(CCc3cc(OC)ccc3OC)[C@@H]3CS(=O)(=O)C[C@@H]32)cc1. The molecule has 8 nitrogen and oxygen atoms in total. The summed E-state index contributed by atoms with van der Waals surface area (Å²) in [6.45, 7) is 0.706. The van der Waals surface area contributed by atoms with E-state index in [9.17, 15) is 13.2 Å². The fourth-order valence-electron chi connectivity index (χ4n) is 4.62. The molecule has 32 heavy (non-hydrogen) atoms. The van der Waals surface area contributed by atoms with Crippen molar-refractivity contribution in [2.24, 2.45) is 0 Å². The van der Waals surface area contributed by atoms with Crippen molar-refractivity contribution in [2.75, 3.05) is 50.8 Å². The number of ether oxygens (including phenoxy) is 3. The number of benzene rings is 2. The maximum Gasteiger partial charge on any atom is 0.241 e. The molecule has 2 aliphatic heterocycles. The molecule has 2 saturated heterocycles. The molecule has 2 aromatic carbocycles. The number of hydrogen-bond donors (Lipinski definition) is 0. The number of carbonyl (C=O) groups excluding carboxylic acids is 1. The van der Waals surface area contributed by atoms with E-state index in [0.717, 1.165) is 17.1 Å². The van der Waals surface area contributed by atoms with Crippen molar-refractivity contribution in [1.82, 2.24) is 4.90 Å². The lowest BCUT2D eigenvalue weighted by Gasteiger charge is -2.43. The molecule has 172 valence electrons. The average molecular weight is 461 g/mol. The summed E-state index contributed by atoms with van der Waals surface area (Å²) < 4.78 is 41.1. The van der Waals surface area contributed by atoms with Crippen LogP contribution in [0.15, 0.2) is 42.5 Å². The molecule has 2 aliphatic rings. The first-order valence-electron chi connectivity index (χ1n) is 10.5. The Kier molecular flexibility index (Phi) is 6.30. The zero-order valence-corrected chi connectivity index (χ0v) is 19.3. The quantitative estimate of drug-likeness (QED) is 0.623. The molecule has 0 saturated carbocycles. The molecule has 9 heteroatoms. The van der Waals surface area contributed by atoms with Crippen LogP contribution in [0.25, 0.3) is 0 Å². The fourth-order valence-corrected chi connectivity index (χ4v) is 6.60. The lowest BCUT2D eigenvalue weighted by Crippen LogP contribution is -2.62. The minimum atomic E-state index is -3.25. The van der Waals surface area contributed by atoms with Crippen LogP contribution in [0, 0.1) is 0 Å². The van der Waals surface area contributed by atoms with Crippen LogP contribution in [0.5, 0.6) is 17.2 Å². The lowest BCUT2D eigenvalue weighted by molar-refractivity contribution is -0.123. The van der Waals surface area contributed by atoms with Crippen LogP contribution >= 0.6 is 0 Å². The van der Waals surface area contributed by atoms with Crippen molar-refractivity contribution < 1.29 is 27.4 Å². The number of amides is 1. The number of fused-ring (bicyclic) bond motifs is 1. The first-order chi connectivity index (χ1) is 15.3. The summed E-state index contributed by atoms with van der Waals surface area (Å²) in [7, 11) is 1.55. The van der Waals surface area contributed by atoms with E-state index in [0.29, 0.717) is 24.4 Å². The second-order valence-electron chi connectivity index (χ2n) is 8.07. The highest BCUT2D eigenvalue weighted by molar-refractivity contribution is 7.91. The summed E-state index contributed by atoms with van der Waals surface area (Å²) in [6.07, 6.45) is 0.611. The van der Waals surface area contributed by atoms with Gasteiger partial charge in [-0.15, -0.1) is 0 Å². The third-order valence-corrected chi connectivity index (χ3v) is 7.91. The van der Waals surface area contributed by atoms with Gasteiger partial charge >= 0.3 is 0 Å². The number of rotatable bonds is 7. The van der Waals surface area contributed by atoms with E-state index < -0.39 is 15.9 Å². The van der Waals surface area contributed by atoms with Crippen LogP contribution in [0.3, 0.4) is 0 Å². The molecule has 0 N–H and O–H groups in total. The van der Waals surface area contributed by atoms with Gasteiger partial charge < -0.3 is 19.1 Å². The zero-order valence-electron chi connectivity index (χ0n) is 18.5. The van der Waals surface area contributed by atoms with Crippen LogP contribution in [-0.2, 0) is 21.1 Å². The van der Waals surface area contributed by atoms with E-state index in [-0.39, 0.29) is 30.0 Å². The largest absolute Gasteiger partial charge is 0.497 e. The maximum atomic E-state index is 13.2. The number of hydrogen-bond acceptors (Lipinski definition) is 7. The molecule has 0 aromatic heterocycles. The molecule has 0 bridgehead atoms. The van der Waals surface area contributed by atoms with Crippen LogP contribution in [-0.4, -0.2) is 77.2 Å². The Labute approximate surface area is 188 Å². The van der Waals surface area contributed by atoms with Gasteiger partial charge in [-0.3, -0.25) is 9.69 Å². The van der Waals surface area contributed by atoms with Crippen molar-refractivity contribution in [2.45, 2.75) is 18.5 Å². The van der Waals surface area contributed by atoms with Gasteiger partial charge in [0.2, 0.25) is 5.91 Å². The molecule has 2 fully saturated rings. The van der Waals surface area contributed by atoms with Crippen LogP contribution in [0.4, 0.5) is 5.69 Å². The summed E-state index contributed by atoms with van der Waals surface area (Å²) in [6, 6.07) is 12.1. The molecule has 2 aromatic rings. The van der Waals surface area contributed by atoms with E-state index in [1.54, 1.807) is 50.5 Å². The van der Waals surface area contributed by atoms with Crippen molar-refractivity contribution in [3.05, 3.63) is 48.0 Å². The minimum Gasteiger partial charge on any atom is -0.497 e. The Hall–Kier alpha value is -2.78. The Bertz CT molecular complexity index is 1090. The Morgan fingerprint density at radius 3 is 2.22 bits per heavy atom. The van der Waals surface area contributed by atoms with Gasteiger partial charge in [-0.05, 0) is 54.4 Å². The highest BCUT2D eigenvalue weighted by Gasteiger charge is 2.49. The molecule has 0 unspecified atom stereocenters. The predicted molar refractivity (Wildman–Crippen MR) is 122 cm³/mol. The van der Waals surface area contributed by atoms with Gasteiger partial charge in [-0.2, -0.15) is 0 Å². The first-order valence-corrected chi connectivity index (χ1v) is 12.3. The third kappa shape index (κ3) is 4.40. The molecule has 0 spiro atoms. The Balaban J connectivity index is 1.57. The second-order valence-corrected chi connectivity index (χ2v) is 10.2. The molecule has 2 heterocycles. The molecular formula is C23H28N2O6S. The van der Waals surface area contributed by atoms with E-state index in [2.05, 4.69) is 0 Å². The van der Waals surface area contributed by atoms with Gasteiger partial charge in [0.15, 0.2) is 9.84 Å². The van der Waals surface area contributed by atoms with Gasteiger partial charge in [0.1, 0.15) is 17.2 Å². The van der Waals surface area contributed by atoms with Gasteiger partial charge in [0.25, 0.3) is 0 Å². The van der Waals surface area contributed by atoms with Crippen molar-refractivity contribution >= 4 is 21.4 Å². The minimum absolute atomic E-state index is 0.0333. The smallest absolute Gasteiger partial charge is 0.241 e. The van der Waals surface area contributed by atoms with Crippen molar-refractivity contribution in [3.8, 4) is 17.2 Å². The number of methoxy groups -OCH3 is 3. The number of sulfone groups is 1. The van der Waals surface area contributed by atoms with Crippen LogP contribution < -0.4 is 19.1 Å². The highest BCUT2D eigenvalue weighted by Crippen LogP contribution is 2.33. The summed E-state index contributed by atoms with van der Waals surface area (Å²) in [5, 5.41) is 0. The first kappa shape index (κ1) is 22.4. The summed E-state index contributed by atoms with van der Waals surface area (Å²) >= 11 is 0. The van der Waals surface area contributed by atoms with Crippen molar-refractivity contribution in [3.63, 3.8) is 0 Å². The van der Waals surface area contributed by atoms with Gasteiger partial charge in [-0.1, -0.05) is 0 Å².